The van der Waals surface area contributed by atoms with Crippen LogP contribution in [0.15, 0.2) is 57.8 Å². The van der Waals surface area contributed by atoms with Gasteiger partial charge < -0.3 is 0 Å². The molecule has 0 bridgehead atoms. The molecule has 0 aliphatic heterocycles. The Hall–Kier alpha value is -6.62. The number of Topliss-reactive ketones (excluding diaryl/α,β-unsaturated/α-hetero) is 2. The average Bonchev–Trinajstić information content (AvgIpc) is 4.00. The number of nitrogens with zero attached hydrogens (tertiary/aromatic N) is 6. The first-order valence-electron chi connectivity index (χ1n) is 16.8. The number of ketones is 2. The van der Waals surface area contributed by atoms with Gasteiger partial charge in [0.05, 0.1) is 30.0 Å². The molecular formula is C42H18F4N6O2S3. The lowest BCUT2D eigenvalue weighted by molar-refractivity contribution is 0.106. The highest BCUT2D eigenvalue weighted by molar-refractivity contribution is 7.30. The minimum Gasteiger partial charge on any atom is -0.287 e. The highest BCUT2D eigenvalue weighted by Crippen LogP contribution is 2.68. The molecule has 0 saturated heterocycles. The molecule has 8 nitrogen and oxygen atoms in total. The van der Waals surface area contributed by atoms with Gasteiger partial charge in [-0.1, -0.05) is 27.7 Å². The zero-order chi connectivity index (χ0) is 40.6. The first-order valence-corrected chi connectivity index (χ1v) is 19.3. The van der Waals surface area contributed by atoms with E-state index in [-0.39, 0.29) is 44.8 Å². The van der Waals surface area contributed by atoms with Gasteiger partial charge >= 0.3 is 0 Å². The fourth-order valence-electron chi connectivity index (χ4n) is 8.24. The van der Waals surface area contributed by atoms with Gasteiger partial charge in [0.25, 0.3) is 11.4 Å². The lowest BCUT2D eigenvalue weighted by Gasteiger charge is -2.24. The Labute approximate surface area is 332 Å². The number of hydrogen-bond acceptors (Lipinski definition) is 9. The number of hydrogen-bond donors (Lipinski definition) is 0. The van der Waals surface area contributed by atoms with Crippen molar-refractivity contribution in [3.63, 3.8) is 0 Å². The smallest absolute Gasteiger partial charge is 0.271 e. The number of nitriles is 2. The van der Waals surface area contributed by atoms with Gasteiger partial charge in [-0.25, -0.2) is 47.8 Å². The number of benzene rings is 2. The molecular weight excluding hydrogens is 793 g/mol. The van der Waals surface area contributed by atoms with Gasteiger partial charge in [-0.2, -0.15) is 0 Å². The van der Waals surface area contributed by atoms with E-state index in [2.05, 4.69) is 47.4 Å². The molecule has 0 radical (unpaired) electrons. The highest BCUT2D eigenvalue weighted by atomic mass is 32.1. The topological polar surface area (TPSA) is 115 Å². The van der Waals surface area contributed by atoms with Gasteiger partial charge in [0.15, 0.2) is 23.3 Å². The van der Waals surface area contributed by atoms with E-state index in [1.807, 2.05) is 12.1 Å². The second-order valence-corrected chi connectivity index (χ2v) is 17.6. The molecule has 274 valence electrons. The van der Waals surface area contributed by atoms with Crippen LogP contribution in [0, 0.1) is 59.1 Å². The normalized spacial score (nSPS) is 19.9. The molecule has 0 amide bonds. The Kier molecular flexibility index (Phi) is 7.55. The van der Waals surface area contributed by atoms with Crippen LogP contribution in [0.3, 0.4) is 0 Å². The maximum Gasteiger partial charge on any atom is 0.271 e. The van der Waals surface area contributed by atoms with Gasteiger partial charge in [0.2, 0.25) is 11.6 Å². The van der Waals surface area contributed by atoms with Crippen LogP contribution < -0.4 is 0 Å². The maximum atomic E-state index is 14.4. The van der Waals surface area contributed by atoms with E-state index in [9.17, 15) is 37.7 Å². The Morgan fingerprint density at radius 3 is 1.58 bits per heavy atom. The van der Waals surface area contributed by atoms with Crippen LogP contribution in [0.25, 0.3) is 41.4 Å². The second kappa shape index (κ2) is 11.9. The van der Waals surface area contributed by atoms with Crippen LogP contribution in [0.5, 0.6) is 0 Å². The van der Waals surface area contributed by atoms with E-state index in [4.69, 9.17) is 13.1 Å². The van der Waals surface area contributed by atoms with E-state index in [0.717, 1.165) is 65.7 Å². The largest absolute Gasteiger partial charge is 0.287 e. The predicted octanol–water partition coefficient (Wildman–Crippen LogP) is 11.3. The summed E-state index contributed by atoms with van der Waals surface area (Å²) in [6, 6.07) is 10.3. The molecule has 0 saturated carbocycles. The van der Waals surface area contributed by atoms with E-state index in [1.165, 1.54) is 22.7 Å². The van der Waals surface area contributed by atoms with Crippen molar-refractivity contribution in [1.29, 1.82) is 10.5 Å². The van der Waals surface area contributed by atoms with Crippen molar-refractivity contribution < 1.29 is 27.2 Å². The number of carbonyl (C=O) groups excluding carboxylic acids is 2. The minimum atomic E-state index is -1.24. The lowest BCUT2D eigenvalue weighted by atomic mass is 9.81. The van der Waals surface area contributed by atoms with E-state index < -0.39 is 57.1 Å². The molecule has 0 spiro atoms. The van der Waals surface area contributed by atoms with Crippen molar-refractivity contribution in [2.24, 2.45) is 9.98 Å². The molecule has 2 aromatic carbocycles. The van der Waals surface area contributed by atoms with E-state index in [0.29, 0.717) is 10.0 Å². The fraction of sp³-hybridized carbons (Fsp3) is 0.143. The number of allylic oxidation sites excluding steroid dienone is 6. The summed E-state index contributed by atoms with van der Waals surface area (Å²) in [6.45, 7) is 23.4. The van der Waals surface area contributed by atoms with Crippen molar-refractivity contribution in [3.05, 3.63) is 137 Å². The number of thiophene rings is 3. The first kappa shape index (κ1) is 36.0. The summed E-state index contributed by atoms with van der Waals surface area (Å²) in [5, 5.41) is 20.2. The summed E-state index contributed by atoms with van der Waals surface area (Å²) in [5.41, 5.74) is 0.788. The van der Waals surface area contributed by atoms with Gasteiger partial charge in [0, 0.05) is 47.6 Å². The Balaban J connectivity index is 1.14. The van der Waals surface area contributed by atoms with Gasteiger partial charge in [0.1, 0.15) is 21.4 Å². The summed E-state index contributed by atoms with van der Waals surface area (Å²) in [4.78, 5) is 44.8. The van der Waals surface area contributed by atoms with Crippen LogP contribution in [-0.4, -0.2) is 23.0 Å². The fourth-order valence-corrected chi connectivity index (χ4v) is 12.7. The van der Waals surface area contributed by atoms with Crippen LogP contribution in [-0.2, 0) is 10.8 Å². The summed E-state index contributed by atoms with van der Waals surface area (Å²) in [5.74, 6) is -6.39. The predicted molar refractivity (Wildman–Crippen MR) is 211 cm³/mol. The molecule has 0 N–H and O–H groups in total. The molecule has 4 aliphatic carbocycles. The summed E-state index contributed by atoms with van der Waals surface area (Å²) in [7, 11) is 0. The van der Waals surface area contributed by atoms with Crippen molar-refractivity contribution in [3.8, 4) is 12.1 Å². The number of halogens is 4. The minimum absolute atomic E-state index is 0.0702. The molecule has 0 unspecified atom stereocenters. The molecule has 0 fully saturated rings. The van der Waals surface area contributed by atoms with Gasteiger partial charge in [-0.05, 0) is 69.8 Å². The monoisotopic (exact) mass is 810 g/mol. The average molecular weight is 811 g/mol. The Bertz CT molecular complexity index is 3180. The van der Waals surface area contributed by atoms with Crippen molar-refractivity contribution in [2.45, 2.75) is 38.5 Å². The van der Waals surface area contributed by atoms with Crippen LogP contribution in [0.1, 0.15) is 80.4 Å². The molecule has 3 heterocycles. The molecule has 15 heteroatoms. The van der Waals surface area contributed by atoms with Crippen molar-refractivity contribution >= 4 is 98.7 Å². The molecule has 9 rings (SSSR count). The zero-order valence-corrected chi connectivity index (χ0v) is 32.1. The van der Waals surface area contributed by atoms with E-state index >= 15 is 0 Å². The Morgan fingerprint density at radius 2 is 1.11 bits per heavy atom. The van der Waals surface area contributed by atoms with E-state index in [1.54, 1.807) is 23.5 Å². The van der Waals surface area contributed by atoms with Gasteiger partial charge in [-0.3, -0.25) is 9.59 Å². The molecule has 4 aliphatic rings. The first-order chi connectivity index (χ1) is 27.1. The standard InChI is InChI=1S/C42H18F4N6O2S3/c1-41(2)19-11-27(51-34-29(24(13-47)49-5)15-7-20(43)22(45)9-17(15)36(34)53)56-38(19)31-32(41)40-33(42(31,3)4)39-26(55-40)12-28(57-39)52-35-30(25(14-48)50-6)16-8-21(44)23(46)10-18(16)37(35)54/h7-12H,1-4H3/b29-24+,30-25?,51-34?,52-35?. The molecule has 5 aromatic rings. The highest BCUT2D eigenvalue weighted by Gasteiger charge is 2.53. The van der Waals surface area contributed by atoms with Crippen LogP contribution in [0.4, 0.5) is 27.6 Å². The van der Waals surface area contributed by atoms with Crippen LogP contribution >= 0.6 is 34.0 Å². The molecule has 3 aromatic heterocycles. The summed E-state index contributed by atoms with van der Waals surface area (Å²) >= 11 is 4.19. The number of carbonyl (C=O) groups is 2. The maximum absolute atomic E-state index is 14.4. The SMILES string of the molecule is [C-]#[N+]C(C#N)=C1C(=Nc2cc3sc4c(c3s2)C(C)(C)C2=C4C(C)(C)c3cc(N=C4C(=O)c5cc(F)c(F)cc5/C4=C(/C#N)[N+]#[C-])sc32)C(=O)c2cc(F)c(F)cc21. The number of fused-ring (bicyclic) bond motifs is 8. The van der Waals surface area contributed by atoms with Gasteiger partial charge in [-0.15, -0.1) is 34.0 Å². The summed E-state index contributed by atoms with van der Waals surface area (Å²) in [6.07, 6.45) is 0. The third kappa shape index (κ3) is 4.71. The second-order valence-electron chi connectivity index (χ2n) is 14.5. The Morgan fingerprint density at radius 1 is 0.649 bits per heavy atom. The number of rotatable bonds is 2. The quantitative estimate of drug-likeness (QED) is 0.100. The number of aliphatic imine (C=N–C) groups is 2. The third-order valence-corrected chi connectivity index (χ3v) is 14.1. The van der Waals surface area contributed by atoms with Crippen molar-refractivity contribution in [1.82, 2.24) is 0 Å². The lowest BCUT2D eigenvalue weighted by Crippen LogP contribution is -2.16. The van der Waals surface area contributed by atoms with Crippen molar-refractivity contribution in [2.75, 3.05) is 0 Å². The zero-order valence-electron chi connectivity index (χ0n) is 29.7. The van der Waals surface area contributed by atoms with Crippen LogP contribution in [0.2, 0.25) is 0 Å². The molecule has 0 atom stereocenters. The molecule has 57 heavy (non-hydrogen) atoms. The summed E-state index contributed by atoms with van der Waals surface area (Å²) < 4.78 is 58.9. The third-order valence-electron chi connectivity index (χ3n) is 10.7.